The zero-order valence-electron chi connectivity index (χ0n) is 13.0. The number of nitrogens with two attached hydrogens (primary N) is 2. The maximum atomic E-state index is 12.0. The highest BCUT2D eigenvalue weighted by atomic mass is 16.1. The zero-order valence-corrected chi connectivity index (χ0v) is 13.0. The fourth-order valence-electron chi connectivity index (χ4n) is 2.27. The van der Waals surface area contributed by atoms with Crippen molar-refractivity contribution in [3.8, 4) is 6.07 Å². The van der Waals surface area contributed by atoms with E-state index < -0.39 is 5.91 Å². The molecule has 24 heavy (non-hydrogen) atoms. The molecule has 0 saturated heterocycles. The number of nitriles is 1. The van der Waals surface area contributed by atoms with Crippen molar-refractivity contribution in [2.45, 2.75) is 19.4 Å². The number of aromatic nitrogens is 1. The molecule has 0 aliphatic carbocycles. The third-order valence-electron chi connectivity index (χ3n) is 3.48. The topological polar surface area (TPSA) is 135 Å². The van der Waals surface area contributed by atoms with Gasteiger partial charge in [-0.1, -0.05) is 18.2 Å². The molecule has 0 fully saturated rings. The van der Waals surface area contributed by atoms with Gasteiger partial charge in [0.15, 0.2) is 0 Å². The van der Waals surface area contributed by atoms with Crippen LogP contribution in [0.2, 0.25) is 0 Å². The first-order chi connectivity index (χ1) is 11.5. The molecule has 1 aromatic heterocycles. The molecule has 0 unspecified atom stereocenters. The molecule has 0 bridgehead atoms. The number of nitrogens with zero attached hydrogens (tertiary/aromatic N) is 2. The van der Waals surface area contributed by atoms with Crippen molar-refractivity contribution in [2.24, 2.45) is 5.73 Å². The number of carbonyl (C=O) groups is 2. The van der Waals surface area contributed by atoms with E-state index in [9.17, 15) is 9.59 Å². The molecule has 7 nitrogen and oxygen atoms in total. The standard InChI is InChI=1S/C17H17N5O2/c18-8-13-3-1-2-12(16(13)17(20)24)5-7-15(23)22-10-11-4-6-14(19)21-9-11/h1-4,6,9H,5,7,10H2,(H2,19,21)(H2,20,24)(H,22,23). The molecule has 0 aliphatic heterocycles. The van der Waals surface area contributed by atoms with Crippen molar-refractivity contribution < 1.29 is 9.59 Å². The minimum atomic E-state index is -0.671. The number of hydrogen-bond donors (Lipinski definition) is 3. The average Bonchev–Trinajstić information content (AvgIpc) is 2.58. The summed E-state index contributed by atoms with van der Waals surface area (Å²) in [6, 6.07) is 10.3. The number of aryl methyl sites for hydroxylation is 1. The van der Waals surface area contributed by atoms with Crippen molar-refractivity contribution in [3.63, 3.8) is 0 Å². The van der Waals surface area contributed by atoms with Crippen molar-refractivity contribution in [1.82, 2.24) is 10.3 Å². The lowest BCUT2D eigenvalue weighted by molar-refractivity contribution is -0.121. The monoisotopic (exact) mass is 323 g/mol. The highest BCUT2D eigenvalue weighted by Gasteiger charge is 2.14. The molecule has 2 rings (SSSR count). The Labute approximate surface area is 139 Å². The Hall–Kier alpha value is -3.40. The Morgan fingerprint density at radius 2 is 2.04 bits per heavy atom. The average molecular weight is 323 g/mol. The van der Waals surface area contributed by atoms with E-state index in [1.165, 1.54) is 6.07 Å². The number of primary amides is 1. The molecular weight excluding hydrogens is 306 g/mol. The molecular formula is C17H17N5O2. The number of carbonyl (C=O) groups excluding carboxylic acids is 2. The first kappa shape index (κ1) is 17.0. The van der Waals surface area contributed by atoms with Gasteiger partial charge >= 0.3 is 0 Å². The lowest BCUT2D eigenvalue weighted by atomic mass is 9.97. The molecule has 0 spiro atoms. The van der Waals surface area contributed by atoms with Crippen molar-refractivity contribution >= 4 is 17.6 Å². The fraction of sp³-hybridized carbons (Fsp3) is 0.176. The maximum absolute atomic E-state index is 12.0. The molecule has 122 valence electrons. The molecule has 1 aromatic carbocycles. The molecule has 2 amide bonds. The number of nitrogen functional groups attached to an aromatic ring is 1. The van der Waals surface area contributed by atoms with Crippen LogP contribution in [-0.2, 0) is 17.8 Å². The van der Waals surface area contributed by atoms with Crippen molar-refractivity contribution in [1.29, 1.82) is 5.26 Å². The van der Waals surface area contributed by atoms with Crippen LogP contribution in [0.5, 0.6) is 0 Å². The van der Waals surface area contributed by atoms with E-state index in [1.54, 1.807) is 30.5 Å². The number of amides is 2. The summed E-state index contributed by atoms with van der Waals surface area (Å²) in [5.41, 5.74) is 12.7. The van der Waals surface area contributed by atoms with Gasteiger partial charge in [-0.25, -0.2) is 4.98 Å². The summed E-state index contributed by atoms with van der Waals surface area (Å²) < 4.78 is 0. The van der Waals surface area contributed by atoms with Crippen LogP contribution in [0.4, 0.5) is 5.82 Å². The first-order valence-corrected chi connectivity index (χ1v) is 7.30. The number of anilines is 1. The van der Waals surface area contributed by atoms with Gasteiger partial charge in [0.05, 0.1) is 17.2 Å². The third-order valence-corrected chi connectivity index (χ3v) is 3.48. The van der Waals surface area contributed by atoms with Crippen LogP contribution in [0.25, 0.3) is 0 Å². The summed E-state index contributed by atoms with van der Waals surface area (Å²) in [4.78, 5) is 27.4. The summed E-state index contributed by atoms with van der Waals surface area (Å²) in [7, 11) is 0. The number of nitrogens with one attached hydrogen (secondary N) is 1. The predicted molar refractivity (Wildman–Crippen MR) is 88.5 cm³/mol. The molecule has 0 radical (unpaired) electrons. The highest BCUT2D eigenvalue weighted by molar-refractivity contribution is 5.97. The van der Waals surface area contributed by atoms with Crippen LogP contribution in [-0.4, -0.2) is 16.8 Å². The van der Waals surface area contributed by atoms with Crippen LogP contribution < -0.4 is 16.8 Å². The fourth-order valence-corrected chi connectivity index (χ4v) is 2.27. The summed E-state index contributed by atoms with van der Waals surface area (Å²) in [5, 5.41) is 11.8. The lowest BCUT2D eigenvalue weighted by Gasteiger charge is -2.09. The third kappa shape index (κ3) is 4.30. The van der Waals surface area contributed by atoms with Gasteiger partial charge in [0.25, 0.3) is 0 Å². The molecule has 1 heterocycles. The predicted octanol–water partition coefficient (Wildman–Crippen LogP) is 0.883. The van der Waals surface area contributed by atoms with E-state index in [2.05, 4.69) is 10.3 Å². The highest BCUT2D eigenvalue weighted by Crippen LogP contribution is 2.15. The van der Waals surface area contributed by atoms with Crippen molar-refractivity contribution in [2.75, 3.05) is 5.73 Å². The minimum absolute atomic E-state index is 0.176. The van der Waals surface area contributed by atoms with Gasteiger partial charge in [0, 0.05) is 19.2 Å². The number of rotatable bonds is 6. The van der Waals surface area contributed by atoms with E-state index in [4.69, 9.17) is 16.7 Å². The Morgan fingerprint density at radius 3 is 2.67 bits per heavy atom. The summed E-state index contributed by atoms with van der Waals surface area (Å²) >= 11 is 0. The van der Waals surface area contributed by atoms with Gasteiger partial charge in [0.2, 0.25) is 11.8 Å². The second-order valence-electron chi connectivity index (χ2n) is 5.18. The normalized spacial score (nSPS) is 9.96. The van der Waals surface area contributed by atoms with Crippen LogP contribution in [0, 0.1) is 11.3 Å². The van der Waals surface area contributed by atoms with E-state index in [1.807, 2.05) is 6.07 Å². The molecule has 7 heteroatoms. The van der Waals surface area contributed by atoms with Gasteiger partial charge < -0.3 is 16.8 Å². The number of pyridine rings is 1. The van der Waals surface area contributed by atoms with Crippen LogP contribution in [0.1, 0.15) is 33.5 Å². The summed E-state index contributed by atoms with van der Waals surface area (Å²) in [6.45, 7) is 0.340. The Bertz CT molecular complexity index is 794. The number of benzene rings is 1. The van der Waals surface area contributed by atoms with Crippen molar-refractivity contribution in [3.05, 3.63) is 58.8 Å². The second-order valence-corrected chi connectivity index (χ2v) is 5.18. The van der Waals surface area contributed by atoms with E-state index in [-0.39, 0.29) is 23.5 Å². The molecule has 5 N–H and O–H groups in total. The quantitative estimate of drug-likeness (QED) is 0.725. The largest absolute Gasteiger partial charge is 0.384 e. The molecule has 0 aliphatic rings. The van der Waals surface area contributed by atoms with Crippen LogP contribution >= 0.6 is 0 Å². The van der Waals surface area contributed by atoms with Crippen LogP contribution in [0.3, 0.4) is 0 Å². The smallest absolute Gasteiger partial charge is 0.250 e. The van der Waals surface area contributed by atoms with Gasteiger partial charge in [-0.05, 0) is 29.7 Å². The molecule has 2 aromatic rings. The SMILES string of the molecule is N#Cc1cccc(CCC(=O)NCc2ccc(N)nc2)c1C(N)=O. The Balaban J connectivity index is 1.96. The maximum Gasteiger partial charge on any atom is 0.250 e. The van der Waals surface area contributed by atoms with Gasteiger partial charge in [-0.2, -0.15) is 5.26 Å². The Kier molecular flexibility index (Phi) is 5.47. The van der Waals surface area contributed by atoms with Gasteiger partial charge in [-0.3, -0.25) is 9.59 Å². The zero-order chi connectivity index (χ0) is 17.5. The number of hydrogen-bond acceptors (Lipinski definition) is 5. The first-order valence-electron chi connectivity index (χ1n) is 7.30. The second kappa shape index (κ2) is 7.74. The molecule has 0 atom stereocenters. The van der Waals surface area contributed by atoms with E-state index >= 15 is 0 Å². The summed E-state index contributed by atoms with van der Waals surface area (Å²) in [5.74, 6) is -0.429. The lowest BCUT2D eigenvalue weighted by Crippen LogP contribution is -2.24. The molecule has 0 saturated carbocycles. The van der Waals surface area contributed by atoms with Gasteiger partial charge in [-0.15, -0.1) is 0 Å². The van der Waals surface area contributed by atoms with E-state index in [0.29, 0.717) is 24.3 Å². The Morgan fingerprint density at radius 1 is 1.25 bits per heavy atom. The summed E-state index contributed by atoms with van der Waals surface area (Å²) in [6.07, 6.45) is 2.09. The van der Waals surface area contributed by atoms with Gasteiger partial charge in [0.1, 0.15) is 5.82 Å². The minimum Gasteiger partial charge on any atom is -0.384 e. The van der Waals surface area contributed by atoms with Crippen LogP contribution in [0.15, 0.2) is 36.5 Å². The van der Waals surface area contributed by atoms with E-state index in [0.717, 1.165) is 5.56 Å².